The van der Waals surface area contributed by atoms with Crippen molar-refractivity contribution in [2.45, 2.75) is 75.8 Å². The van der Waals surface area contributed by atoms with Crippen molar-refractivity contribution in [1.29, 1.82) is 0 Å². The number of amides is 1. The van der Waals surface area contributed by atoms with Crippen molar-refractivity contribution in [3.63, 3.8) is 0 Å². The summed E-state index contributed by atoms with van der Waals surface area (Å²) in [5.41, 5.74) is -1.17. The molecule has 0 N–H and O–H groups in total. The molecule has 222 valence electrons. The predicted octanol–water partition coefficient (Wildman–Crippen LogP) is 5.75. The summed E-state index contributed by atoms with van der Waals surface area (Å²) in [6.07, 6.45) is -8.44. The van der Waals surface area contributed by atoms with Crippen LogP contribution in [0, 0.1) is 0 Å². The smallest absolute Gasteiger partial charge is 0.444 e. The molecule has 1 heterocycles. The summed E-state index contributed by atoms with van der Waals surface area (Å²) >= 11 is 0. The molecule has 0 unspecified atom stereocenters. The summed E-state index contributed by atoms with van der Waals surface area (Å²) in [4.78, 5) is 26.0. The molecule has 1 aliphatic heterocycles. The van der Waals surface area contributed by atoms with Crippen molar-refractivity contribution in [2.75, 3.05) is 13.1 Å². The van der Waals surface area contributed by atoms with Gasteiger partial charge in [0.25, 0.3) is 0 Å². The highest BCUT2D eigenvalue weighted by Gasteiger charge is 2.86. The molecule has 39 heavy (non-hydrogen) atoms. The minimum Gasteiger partial charge on any atom is -0.444 e. The Hall–Kier alpha value is -2.72. The number of carbonyl (C=O) groups excluding carboxylic acids is 2. The van der Waals surface area contributed by atoms with Gasteiger partial charge in [-0.05, 0) is 56.9 Å². The van der Waals surface area contributed by atoms with Gasteiger partial charge in [0, 0.05) is 19.5 Å². The van der Waals surface area contributed by atoms with Gasteiger partial charge in [-0.2, -0.15) is 47.9 Å². The minimum absolute atomic E-state index is 0.0387. The number of carbonyl (C=O) groups is 2. The molecule has 1 aliphatic rings. The van der Waals surface area contributed by atoms with Gasteiger partial charge in [0.05, 0.1) is 5.56 Å². The number of Topliss-reactive ketones (excluding diaryl/α,β-unsaturated/α-hetero) is 1. The zero-order valence-electron chi connectivity index (χ0n) is 20.9. The summed E-state index contributed by atoms with van der Waals surface area (Å²) in [5, 5.41) is -7.09. The van der Waals surface area contributed by atoms with E-state index in [1.54, 1.807) is 20.8 Å². The number of nitrogens with zero attached hydrogens (tertiary/aromatic N) is 1. The van der Waals surface area contributed by atoms with E-state index in [2.05, 4.69) is 4.18 Å². The zero-order chi connectivity index (χ0) is 30.4. The Kier molecular flexibility index (Phi) is 8.63. The van der Waals surface area contributed by atoms with Gasteiger partial charge in [0.1, 0.15) is 5.60 Å². The van der Waals surface area contributed by atoms with Gasteiger partial charge in [-0.3, -0.25) is 4.79 Å². The van der Waals surface area contributed by atoms with Gasteiger partial charge in [-0.25, -0.2) is 4.79 Å². The largest absolute Gasteiger partial charge is 0.460 e. The van der Waals surface area contributed by atoms with Crippen molar-refractivity contribution >= 4 is 22.0 Å². The molecule has 0 spiro atoms. The molecule has 7 nitrogen and oxygen atoms in total. The monoisotopic (exact) mass is 601 g/mol. The van der Waals surface area contributed by atoms with Gasteiger partial charge in [0.2, 0.25) is 0 Å². The molecule has 1 amide bonds. The Bertz CT molecular complexity index is 1220. The molecule has 0 aromatic heterocycles. The van der Waals surface area contributed by atoms with Gasteiger partial charge >= 0.3 is 39.5 Å². The molecule has 0 fully saturated rings. The molecule has 0 aliphatic carbocycles. The molecule has 0 radical (unpaired) electrons. The maximum Gasteiger partial charge on any atom is 0.460 e. The molecule has 0 saturated carbocycles. The third-order valence-electron chi connectivity index (χ3n) is 5.51. The zero-order valence-corrected chi connectivity index (χ0v) is 21.7. The van der Waals surface area contributed by atoms with Crippen LogP contribution in [0.25, 0.3) is 0 Å². The number of fused-ring (bicyclic) bond motifs is 1. The lowest BCUT2D eigenvalue weighted by Crippen LogP contribution is -2.63. The van der Waals surface area contributed by atoms with Gasteiger partial charge < -0.3 is 13.8 Å². The van der Waals surface area contributed by atoms with Crippen molar-refractivity contribution in [3.05, 3.63) is 28.8 Å². The minimum atomic E-state index is -7.49. The fourth-order valence-corrected chi connectivity index (χ4v) is 4.35. The lowest BCUT2D eigenvalue weighted by molar-refractivity contribution is -0.382. The number of hydrogen-bond acceptors (Lipinski definition) is 6. The van der Waals surface area contributed by atoms with Crippen molar-refractivity contribution in [1.82, 2.24) is 4.90 Å². The quantitative estimate of drug-likeness (QED) is 0.225. The van der Waals surface area contributed by atoms with Crippen LogP contribution >= 0.6 is 0 Å². The van der Waals surface area contributed by atoms with Gasteiger partial charge in [-0.15, -0.1) is 0 Å². The fraction of sp³-hybridized carbons (Fsp3) is 0.636. The second-order valence-electron chi connectivity index (χ2n) is 9.56. The van der Waals surface area contributed by atoms with E-state index in [4.69, 9.17) is 4.74 Å². The average molecular weight is 601 g/mol. The lowest BCUT2D eigenvalue weighted by Gasteiger charge is -2.32. The van der Waals surface area contributed by atoms with Crippen LogP contribution in [0.4, 0.5) is 44.3 Å². The second-order valence-corrected chi connectivity index (χ2v) is 11.1. The maximum atomic E-state index is 14.2. The lowest BCUT2D eigenvalue weighted by atomic mass is 9.96. The van der Waals surface area contributed by atoms with E-state index in [0.717, 1.165) is 6.07 Å². The Labute approximate surface area is 217 Å². The third kappa shape index (κ3) is 6.22. The Morgan fingerprint density at radius 3 is 1.79 bits per heavy atom. The van der Waals surface area contributed by atoms with Crippen molar-refractivity contribution in [3.8, 4) is 5.75 Å². The van der Waals surface area contributed by atoms with E-state index in [0.29, 0.717) is 11.6 Å². The molecular weight excluding hydrogens is 577 g/mol. The normalized spacial score (nSPS) is 15.9. The van der Waals surface area contributed by atoms with Crippen LogP contribution in [0.2, 0.25) is 0 Å². The van der Waals surface area contributed by atoms with Crippen LogP contribution in [0.3, 0.4) is 0 Å². The van der Waals surface area contributed by atoms with Crippen LogP contribution in [-0.2, 0) is 27.7 Å². The summed E-state index contributed by atoms with van der Waals surface area (Å²) in [6.45, 7) is 6.04. The number of ether oxygens (including phenoxy) is 1. The van der Waals surface area contributed by atoms with Crippen LogP contribution in [-0.4, -0.2) is 67.2 Å². The highest BCUT2D eigenvalue weighted by Crippen LogP contribution is 2.55. The fourth-order valence-electron chi connectivity index (χ4n) is 3.43. The first-order valence-electron chi connectivity index (χ1n) is 11.2. The molecule has 1 aromatic carbocycles. The molecular formula is C22H24F9NO6S. The standard InChI is InChI=1S/C22H24F9NO6S/c1-5-15(33)14-10-12-6-8-32(17(34)37-18(2,3)4)9-7-13(12)11-16(14)38-39(35,36)22(30,31)20(25,26)19(23,24)21(27,28)29/h10-11H,5-9H2,1-4H3. The van der Waals surface area contributed by atoms with Crippen LogP contribution in [0.15, 0.2) is 12.1 Å². The van der Waals surface area contributed by atoms with E-state index < -0.39 is 68.6 Å². The topological polar surface area (TPSA) is 90.0 Å². The summed E-state index contributed by atoms with van der Waals surface area (Å²) in [5.74, 6) is -17.2. The predicted molar refractivity (Wildman–Crippen MR) is 117 cm³/mol. The number of ketones is 1. The first-order valence-corrected chi connectivity index (χ1v) is 12.6. The average Bonchev–Trinajstić information content (AvgIpc) is 2.97. The molecule has 0 saturated heterocycles. The first kappa shape index (κ1) is 32.5. The second kappa shape index (κ2) is 10.4. The van der Waals surface area contributed by atoms with E-state index in [-0.39, 0.29) is 31.5 Å². The molecule has 1 aromatic rings. The molecule has 17 heteroatoms. The number of hydrogen-bond donors (Lipinski definition) is 0. The SMILES string of the molecule is CCC(=O)c1cc2c(cc1OS(=O)(=O)C(F)(F)C(F)(F)C(F)(F)C(F)(F)F)CCN(C(=O)OC(C)(C)C)CC2. The van der Waals surface area contributed by atoms with Gasteiger partial charge in [-0.1, -0.05) is 6.92 Å². The highest BCUT2D eigenvalue weighted by atomic mass is 32.2. The summed E-state index contributed by atoms with van der Waals surface area (Å²) < 4.78 is 153. The number of alkyl halides is 9. The number of rotatable bonds is 7. The molecule has 2 rings (SSSR count). The van der Waals surface area contributed by atoms with Crippen LogP contribution < -0.4 is 4.18 Å². The highest BCUT2D eigenvalue weighted by molar-refractivity contribution is 7.88. The van der Waals surface area contributed by atoms with E-state index in [1.807, 2.05) is 0 Å². The van der Waals surface area contributed by atoms with Crippen LogP contribution in [0.5, 0.6) is 5.75 Å². The third-order valence-corrected chi connectivity index (χ3v) is 6.79. The van der Waals surface area contributed by atoms with E-state index >= 15 is 0 Å². The molecule has 0 atom stereocenters. The van der Waals surface area contributed by atoms with Crippen molar-refractivity contribution < 1.29 is 66.4 Å². The summed E-state index contributed by atoms with van der Waals surface area (Å²) in [7, 11) is -7.26. The Balaban J connectivity index is 2.52. The van der Waals surface area contributed by atoms with E-state index in [1.165, 1.54) is 11.8 Å². The summed E-state index contributed by atoms with van der Waals surface area (Å²) in [6, 6.07) is 1.69. The Morgan fingerprint density at radius 2 is 1.36 bits per heavy atom. The number of halogens is 9. The Morgan fingerprint density at radius 1 is 0.872 bits per heavy atom. The van der Waals surface area contributed by atoms with Gasteiger partial charge in [0.15, 0.2) is 11.5 Å². The van der Waals surface area contributed by atoms with Crippen LogP contribution in [0.1, 0.15) is 55.6 Å². The maximum absolute atomic E-state index is 14.2. The number of benzene rings is 1. The first-order chi connectivity index (χ1) is 17.4. The van der Waals surface area contributed by atoms with E-state index in [9.17, 15) is 57.5 Å². The van der Waals surface area contributed by atoms with Crippen molar-refractivity contribution in [2.24, 2.45) is 0 Å². The molecule has 0 bridgehead atoms.